The summed E-state index contributed by atoms with van der Waals surface area (Å²) in [5.41, 5.74) is 4.75. The first-order valence-electron chi connectivity index (χ1n) is 10.2. The molecule has 30 heavy (non-hydrogen) atoms. The standard InChI is InChI=1S/C24H30N2O4/c1-28-15-19(9-8-18-14-26-22-7-5-4-6-20(18)22)21-13-24(30-3)23(29-2)12-17(21)10-11-25-16-27/h4-7,12-14,16,19,26H,8-11,15H2,1-3H3,(H,25,27). The summed E-state index contributed by atoms with van der Waals surface area (Å²) in [6.07, 6.45) is 5.39. The number of aromatic nitrogens is 1. The second kappa shape index (κ2) is 10.7. The maximum absolute atomic E-state index is 10.7. The number of carbonyl (C=O) groups excluding carboxylic acids is 1. The van der Waals surface area contributed by atoms with E-state index >= 15 is 0 Å². The molecule has 3 aromatic rings. The van der Waals surface area contributed by atoms with Crippen molar-refractivity contribution in [1.82, 2.24) is 10.3 Å². The lowest BCUT2D eigenvalue weighted by Gasteiger charge is -2.22. The number of nitrogens with one attached hydrogen (secondary N) is 2. The van der Waals surface area contributed by atoms with Crippen molar-refractivity contribution in [3.05, 3.63) is 59.3 Å². The summed E-state index contributed by atoms with van der Waals surface area (Å²) in [6.45, 7) is 1.17. The Kier molecular flexibility index (Phi) is 7.74. The van der Waals surface area contributed by atoms with Gasteiger partial charge in [0, 0.05) is 36.7 Å². The fraction of sp³-hybridized carbons (Fsp3) is 0.375. The van der Waals surface area contributed by atoms with E-state index in [-0.39, 0.29) is 5.92 Å². The number of hydrogen-bond acceptors (Lipinski definition) is 4. The number of amides is 1. The van der Waals surface area contributed by atoms with Gasteiger partial charge >= 0.3 is 0 Å². The predicted molar refractivity (Wildman–Crippen MR) is 119 cm³/mol. The van der Waals surface area contributed by atoms with Crippen LogP contribution in [0.1, 0.15) is 29.0 Å². The van der Waals surface area contributed by atoms with Crippen LogP contribution in [0, 0.1) is 0 Å². The van der Waals surface area contributed by atoms with E-state index in [1.165, 1.54) is 16.5 Å². The molecule has 0 fully saturated rings. The topological polar surface area (TPSA) is 72.6 Å². The van der Waals surface area contributed by atoms with Gasteiger partial charge in [-0.15, -0.1) is 0 Å². The van der Waals surface area contributed by atoms with Crippen LogP contribution in [0.2, 0.25) is 0 Å². The van der Waals surface area contributed by atoms with E-state index in [9.17, 15) is 4.79 Å². The normalized spacial score (nSPS) is 12.0. The molecule has 0 bridgehead atoms. The van der Waals surface area contributed by atoms with E-state index in [1.54, 1.807) is 21.3 Å². The van der Waals surface area contributed by atoms with Crippen LogP contribution in [0.5, 0.6) is 11.5 Å². The molecular weight excluding hydrogens is 380 g/mol. The SMILES string of the molecule is COCC(CCc1c[nH]c2ccccc12)c1cc(OC)c(OC)cc1CCNC=O. The second-order valence-corrected chi connectivity index (χ2v) is 7.28. The van der Waals surface area contributed by atoms with E-state index in [2.05, 4.69) is 34.7 Å². The molecule has 1 aromatic heterocycles. The minimum atomic E-state index is 0.190. The van der Waals surface area contributed by atoms with Gasteiger partial charge in [-0.25, -0.2) is 0 Å². The molecule has 0 aliphatic rings. The molecule has 3 rings (SSSR count). The first kappa shape index (κ1) is 21.7. The van der Waals surface area contributed by atoms with Crippen molar-refractivity contribution < 1.29 is 19.0 Å². The van der Waals surface area contributed by atoms with Crippen LogP contribution < -0.4 is 14.8 Å². The molecule has 0 spiro atoms. The van der Waals surface area contributed by atoms with Gasteiger partial charge < -0.3 is 24.5 Å². The zero-order valence-corrected chi connectivity index (χ0v) is 17.9. The number of para-hydroxylation sites is 1. The second-order valence-electron chi connectivity index (χ2n) is 7.28. The first-order chi connectivity index (χ1) is 14.7. The van der Waals surface area contributed by atoms with E-state index in [0.29, 0.717) is 31.1 Å². The molecule has 1 atom stereocenters. The highest BCUT2D eigenvalue weighted by Gasteiger charge is 2.20. The molecule has 0 aliphatic carbocycles. The van der Waals surface area contributed by atoms with Crippen molar-refractivity contribution >= 4 is 17.3 Å². The minimum absolute atomic E-state index is 0.190. The zero-order valence-electron chi connectivity index (χ0n) is 17.9. The van der Waals surface area contributed by atoms with Crippen LogP contribution in [0.4, 0.5) is 0 Å². The number of methoxy groups -OCH3 is 3. The van der Waals surface area contributed by atoms with Gasteiger partial charge in [-0.05, 0) is 54.2 Å². The molecule has 160 valence electrons. The molecule has 6 nitrogen and oxygen atoms in total. The summed E-state index contributed by atoms with van der Waals surface area (Å²) in [7, 11) is 5.01. The highest BCUT2D eigenvalue weighted by Crippen LogP contribution is 2.36. The average molecular weight is 411 g/mol. The third kappa shape index (κ3) is 4.94. The highest BCUT2D eigenvalue weighted by molar-refractivity contribution is 5.83. The van der Waals surface area contributed by atoms with Gasteiger partial charge in [0.2, 0.25) is 6.41 Å². The number of aromatic amines is 1. The lowest BCUT2D eigenvalue weighted by Crippen LogP contribution is -2.17. The Bertz CT molecular complexity index is 967. The smallest absolute Gasteiger partial charge is 0.207 e. The maximum Gasteiger partial charge on any atom is 0.207 e. The van der Waals surface area contributed by atoms with Gasteiger partial charge in [0.25, 0.3) is 0 Å². The van der Waals surface area contributed by atoms with Crippen molar-refractivity contribution in [2.45, 2.75) is 25.2 Å². The van der Waals surface area contributed by atoms with Gasteiger partial charge in [0.15, 0.2) is 11.5 Å². The van der Waals surface area contributed by atoms with Crippen LogP contribution in [-0.4, -0.2) is 45.9 Å². The van der Waals surface area contributed by atoms with Crippen molar-refractivity contribution in [2.24, 2.45) is 0 Å². The maximum atomic E-state index is 10.7. The van der Waals surface area contributed by atoms with Crippen molar-refractivity contribution in [1.29, 1.82) is 0 Å². The van der Waals surface area contributed by atoms with Gasteiger partial charge in [0.1, 0.15) is 0 Å². The average Bonchev–Trinajstić information content (AvgIpc) is 3.19. The number of fused-ring (bicyclic) bond motifs is 1. The summed E-state index contributed by atoms with van der Waals surface area (Å²) in [4.78, 5) is 14.1. The van der Waals surface area contributed by atoms with Crippen LogP contribution in [0.15, 0.2) is 42.6 Å². The summed E-state index contributed by atoms with van der Waals surface area (Å²) >= 11 is 0. The van der Waals surface area contributed by atoms with Crippen LogP contribution in [-0.2, 0) is 22.4 Å². The Morgan fingerprint density at radius 1 is 1.03 bits per heavy atom. The van der Waals surface area contributed by atoms with Gasteiger partial charge in [-0.3, -0.25) is 4.79 Å². The van der Waals surface area contributed by atoms with Gasteiger partial charge in [0.05, 0.1) is 20.8 Å². The molecule has 0 radical (unpaired) electrons. The molecule has 2 aromatic carbocycles. The molecule has 0 saturated heterocycles. The number of aryl methyl sites for hydroxylation is 1. The molecule has 0 aliphatic heterocycles. The van der Waals surface area contributed by atoms with E-state index in [0.717, 1.165) is 30.3 Å². The quantitative estimate of drug-likeness (QED) is 0.352. The molecule has 6 heteroatoms. The molecule has 1 amide bonds. The first-order valence-corrected chi connectivity index (χ1v) is 10.2. The third-order valence-corrected chi connectivity index (χ3v) is 5.51. The van der Waals surface area contributed by atoms with E-state index in [4.69, 9.17) is 14.2 Å². The van der Waals surface area contributed by atoms with Crippen LogP contribution >= 0.6 is 0 Å². The fourth-order valence-corrected chi connectivity index (χ4v) is 4.00. The van der Waals surface area contributed by atoms with Crippen molar-refractivity contribution in [3.63, 3.8) is 0 Å². The molecular formula is C24H30N2O4. The van der Waals surface area contributed by atoms with Crippen LogP contribution in [0.3, 0.4) is 0 Å². The number of benzene rings is 2. The Morgan fingerprint density at radius 3 is 2.53 bits per heavy atom. The Morgan fingerprint density at radius 2 is 1.80 bits per heavy atom. The number of carbonyl (C=O) groups is 1. The number of hydrogen-bond donors (Lipinski definition) is 2. The van der Waals surface area contributed by atoms with Crippen molar-refractivity contribution in [2.75, 3.05) is 34.5 Å². The molecule has 2 N–H and O–H groups in total. The number of H-pyrrole nitrogens is 1. The van der Waals surface area contributed by atoms with Crippen molar-refractivity contribution in [3.8, 4) is 11.5 Å². The predicted octanol–water partition coefficient (Wildman–Crippen LogP) is 3.84. The minimum Gasteiger partial charge on any atom is -0.493 e. The summed E-state index contributed by atoms with van der Waals surface area (Å²) in [5, 5.41) is 4.01. The Labute approximate surface area is 177 Å². The lowest BCUT2D eigenvalue weighted by atomic mass is 9.88. The lowest BCUT2D eigenvalue weighted by molar-refractivity contribution is -0.109. The summed E-state index contributed by atoms with van der Waals surface area (Å²) in [6, 6.07) is 12.4. The van der Waals surface area contributed by atoms with Crippen LogP contribution in [0.25, 0.3) is 10.9 Å². The molecule has 1 unspecified atom stereocenters. The van der Waals surface area contributed by atoms with Gasteiger partial charge in [-0.1, -0.05) is 18.2 Å². The molecule has 0 saturated carbocycles. The number of rotatable bonds is 12. The number of ether oxygens (including phenoxy) is 3. The monoisotopic (exact) mass is 410 g/mol. The Hall–Kier alpha value is -2.99. The largest absolute Gasteiger partial charge is 0.493 e. The highest BCUT2D eigenvalue weighted by atomic mass is 16.5. The third-order valence-electron chi connectivity index (χ3n) is 5.51. The summed E-state index contributed by atoms with van der Waals surface area (Å²) < 4.78 is 16.6. The zero-order chi connectivity index (χ0) is 21.3. The molecule has 1 heterocycles. The van der Waals surface area contributed by atoms with E-state index in [1.807, 2.05) is 18.2 Å². The van der Waals surface area contributed by atoms with Gasteiger partial charge in [-0.2, -0.15) is 0 Å². The van der Waals surface area contributed by atoms with E-state index < -0.39 is 0 Å². The Balaban J connectivity index is 1.89. The fourth-order valence-electron chi connectivity index (χ4n) is 4.00. The summed E-state index contributed by atoms with van der Waals surface area (Å²) in [5.74, 6) is 1.58.